The first-order chi connectivity index (χ1) is 14.3. The van der Waals surface area contributed by atoms with Crippen LogP contribution in [-0.4, -0.2) is 83.4 Å². The van der Waals surface area contributed by atoms with Crippen molar-refractivity contribution in [1.29, 1.82) is 0 Å². The molecule has 11 heteroatoms. The van der Waals surface area contributed by atoms with Crippen LogP contribution in [0.4, 0.5) is 0 Å². The Morgan fingerprint density at radius 1 is 0.833 bits per heavy atom. The molecular formula is C19H24O11. The summed E-state index contributed by atoms with van der Waals surface area (Å²) >= 11 is 0. The van der Waals surface area contributed by atoms with Gasteiger partial charge in [0.25, 0.3) is 0 Å². The van der Waals surface area contributed by atoms with Crippen molar-refractivity contribution in [3.63, 3.8) is 0 Å². The van der Waals surface area contributed by atoms with Gasteiger partial charge in [-0.3, -0.25) is 0 Å². The minimum atomic E-state index is -0.579. The van der Waals surface area contributed by atoms with Crippen LogP contribution >= 0.6 is 0 Å². The van der Waals surface area contributed by atoms with Gasteiger partial charge in [-0.2, -0.15) is 0 Å². The standard InChI is InChI=1S/C8H4O3.C4H2O3.C4H10O3.C3H8O2/c9-7-5-3-1-2-4-6(5)8(10)11-7;5-3-1-2-4(6)7-3;5-1-3-7-4-2-6;1-3(5)2-4/h1-4H;1-2H;5-6H,1-4H2;3-5H,2H2,1H3. The number of ether oxygens (including phenoxy) is 3. The molecule has 1 unspecified atom stereocenters. The fraction of sp³-hybridized carbons (Fsp3) is 0.368. The van der Waals surface area contributed by atoms with Gasteiger partial charge in [0.05, 0.1) is 50.3 Å². The van der Waals surface area contributed by atoms with Crippen LogP contribution in [0.5, 0.6) is 0 Å². The van der Waals surface area contributed by atoms with Gasteiger partial charge in [-0.15, -0.1) is 0 Å². The normalized spacial score (nSPS) is 14.2. The highest BCUT2D eigenvalue weighted by Gasteiger charge is 2.28. The van der Waals surface area contributed by atoms with Crippen molar-refractivity contribution in [1.82, 2.24) is 0 Å². The van der Waals surface area contributed by atoms with Gasteiger partial charge in [-0.25, -0.2) is 19.2 Å². The Kier molecular flexibility index (Phi) is 14.3. The Bertz CT molecular complexity index is 672. The average Bonchev–Trinajstić information content (AvgIpc) is 3.25. The summed E-state index contributed by atoms with van der Waals surface area (Å²) in [6.07, 6.45) is 1.61. The van der Waals surface area contributed by atoms with E-state index in [4.69, 9.17) is 20.4 Å². The molecule has 1 atom stereocenters. The molecule has 0 aliphatic carbocycles. The van der Waals surface area contributed by atoms with Gasteiger partial charge >= 0.3 is 23.9 Å². The fourth-order valence-electron chi connectivity index (χ4n) is 1.57. The van der Waals surface area contributed by atoms with Gasteiger partial charge in [0.15, 0.2) is 0 Å². The smallest absolute Gasteiger partial charge is 0.346 e. The van der Waals surface area contributed by atoms with E-state index in [9.17, 15) is 19.2 Å². The first kappa shape index (κ1) is 27.0. The van der Waals surface area contributed by atoms with Gasteiger partial charge in [-0.05, 0) is 19.1 Å². The van der Waals surface area contributed by atoms with E-state index in [0.717, 1.165) is 12.2 Å². The number of cyclic esters (lactones) is 4. The van der Waals surface area contributed by atoms with Crippen LogP contribution in [0.15, 0.2) is 36.4 Å². The zero-order valence-corrected chi connectivity index (χ0v) is 16.2. The summed E-state index contributed by atoms with van der Waals surface area (Å²) < 4.78 is 13.0. The largest absolute Gasteiger partial charge is 0.394 e. The van der Waals surface area contributed by atoms with E-state index in [1.54, 1.807) is 24.3 Å². The molecule has 166 valence electrons. The molecule has 0 saturated heterocycles. The monoisotopic (exact) mass is 428 g/mol. The summed E-state index contributed by atoms with van der Waals surface area (Å²) in [5.41, 5.74) is 0.718. The second-order valence-corrected chi connectivity index (χ2v) is 5.39. The van der Waals surface area contributed by atoms with Crippen LogP contribution in [0.25, 0.3) is 0 Å². The third-order valence-electron chi connectivity index (χ3n) is 2.84. The van der Waals surface area contributed by atoms with Gasteiger partial charge in [0, 0.05) is 12.2 Å². The molecule has 1 aromatic carbocycles. The second kappa shape index (κ2) is 15.9. The van der Waals surface area contributed by atoms with Crippen molar-refractivity contribution in [3.05, 3.63) is 47.5 Å². The highest BCUT2D eigenvalue weighted by Crippen LogP contribution is 2.18. The van der Waals surface area contributed by atoms with Crippen molar-refractivity contribution < 1.29 is 53.8 Å². The molecule has 2 aliphatic rings. The number of aliphatic hydroxyl groups is 4. The maximum absolute atomic E-state index is 10.8. The number of aliphatic hydroxyl groups excluding tert-OH is 4. The van der Waals surface area contributed by atoms with Crippen LogP contribution in [0.3, 0.4) is 0 Å². The summed E-state index contributed by atoms with van der Waals surface area (Å²) in [5.74, 6) is -2.26. The molecule has 0 saturated carbocycles. The Hall–Kier alpha value is -2.96. The first-order valence-corrected chi connectivity index (χ1v) is 8.64. The summed E-state index contributed by atoms with van der Waals surface area (Å²) in [4.78, 5) is 41.5. The SMILES string of the molecule is CC(O)CO.O=C1C=CC(=O)O1.O=C1OC(=O)c2ccccc21.OCCOCCO. The van der Waals surface area contributed by atoms with Crippen molar-refractivity contribution in [3.8, 4) is 0 Å². The molecule has 1 aromatic rings. The highest BCUT2D eigenvalue weighted by atomic mass is 16.6. The van der Waals surface area contributed by atoms with Gasteiger partial charge < -0.3 is 34.6 Å². The Labute approximate surface area is 172 Å². The number of fused-ring (bicyclic) bond motifs is 1. The topological polar surface area (TPSA) is 177 Å². The molecule has 30 heavy (non-hydrogen) atoms. The Morgan fingerprint density at radius 3 is 1.50 bits per heavy atom. The molecule has 0 aromatic heterocycles. The minimum absolute atomic E-state index is 0.0278. The van der Waals surface area contributed by atoms with E-state index in [1.165, 1.54) is 6.92 Å². The van der Waals surface area contributed by atoms with Crippen molar-refractivity contribution in [2.45, 2.75) is 13.0 Å². The first-order valence-electron chi connectivity index (χ1n) is 8.64. The van der Waals surface area contributed by atoms with Crippen molar-refractivity contribution >= 4 is 23.9 Å². The molecule has 0 spiro atoms. The lowest BCUT2D eigenvalue weighted by Gasteiger charge is -1.94. The van der Waals surface area contributed by atoms with Crippen LogP contribution in [0.1, 0.15) is 27.6 Å². The summed E-state index contributed by atoms with van der Waals surface area (Å²) in [7, 11) is 0. The van der Waals surface area contributed by atoms with Gasteiger partial charge in [0.1, 0.15) is 0 Å². The van der Waals surface area contributed by atoms with Crippen LogP contribution in [0, 0.1) is 0 Å². The number of benzene rings is 1. The van der Waals surface area contributed by atoms with Crippen LogP contribution < -0.4 is 0 Å². The number of hydrogen-bond donors (Lipinski definition) is 4. The fourth-order valence-corrected chi connectivity index (χ4v) is 1.57. The maximum Gasteiger partial charge on any atom is 0.346 e. The quantitative estimate of drug-likeness (QED) is 0.256. The zero-order chi connectivity index (χ0) is 22.9. The van der Waals surface area contributed by atoms with Crippen LogP contribution in [-0.2, 0) is 23.8 Å². The highest BCUT2D eigenvalue weighted by molar-refractivity contribution is 6.14. The summed E-state index contributed by atoms with van der Waals surface area (Å²) in [5, 5.41) is 32.2. The lowest BCUT2D eigenvalue weighted by atomic mass is 10.1. The zero-order valence-electron chi connectivity index (χ0n) is 16.2. The maximum atomic E-state index is 10.8. The lowest BCUT2D eigenvalue weighted by Crippen LogP contribution is -2.03. The van der Waals surface area contributed by atoms with E-state index in [-0.39, 0.29) is 19.8 Å². The van der Waals surface area contributed by atoms with E-state index in [0.29, 0.717) is 24.3 Å². The molecule has 2 heterocycles. The van der Waals surface area contributed by atoms with Gasteiger partial charge in [0.2, 0.25) is 0 Å². The molecule has 11 nitrogen and oxygen atoms in total. The van der Waals surface area contributed by atoms with Crippen molar-refractivity contribution in [2.24, 2.45) is 0 Å². The number of esters is 4. The third-order valence-corrected chi connectivity index (χ3v) is 2.84. The van der Waals surface area contributed by atoms with E-state index in [1.807, 2.05) is 0 Å². The molecule has 2 aliphatic heterocycles. The van der Waals surface area contributed by atoms with Crippen LogP contribution in [0.2, 0.25) is 0 Å². The number of rotatable bonds is 5. The van der Waals surface area contributed by atoms with E-state index >= 15 is 0 Å². The lowest BCUT2D eigenvalue weighted by molar-refractivity contribution is -0.150. The molecule has 4 N–H and O–H groups in total. The predicted molar refractivity (Wildman–Crippen MR) is 100 cm³/mol. The van der Waals surface area contributed by atoms with E-state index in [2.05, 4.69) is 14.2 Å². The second-order valence-electron chi connectivity index (χ2n) is 5.39. The molecule has 3 rings (SSSR count). The number of carbonyl (C=O) groups is 4. The molecule has 0 radical (unpaired) electrons. The Balaban J connectivity index is 0.000000393. The van der Waals surface area contributed by atoms with Crippen molar-refractivity contribution in [2.75, 3.05) is 33.0 Å². The number of hydrogen-bond acceptors (Lipinski definition) is 11. The number of carbonyl (C=O) groups excluding carboxylic acids is 4. The van der Waals surface area contributed by atoms with Gasteiger partial charge in [-0.1, -0.05) is 12.1 Å². The predicted octanol–water partition coefficient (Wildman–Crippen LogP) is -1.03. The average molecular weight is 428 g/mol. The third kappa shape index (κ3) is 11.8. The molecular weight excluding hydrogens is 404 g/mol. The minimum Gasteiger partial charge on any atom is -0.394 e. The molecule has 0 amide bonds. The molecule has 0 fully saturated rings. The summed E-state index contributed by atoms with van der Waals surface area (Å²) in [6, 6.07) is 6.53. The Morgan fingerprint density at radius 2 is 1.23 bits per heavy atom. The summed E-state index contributed by atoms with van der Waals surface area (Å²) in [6.45, 7) is 2.08. The molecule has 0 bridgehead atoms. The van der Waals surface area contributed by atoms with E-state index < -0.39 is 30.0 Å².